The topological polar surface area (TPSA) is 49.4 Å². The van der Waals surface area contributed by atoms with Crippen LogP contribution >= 0.6 is 0 Å². The van der Waals surface area contributed by atoms with Gasteiger partial charge in [0.2, 0.25) is 10.0 Å². The van der Waals surface area contributed by atoms with Crippen LogP contribution in [0, 0.1) is 11.8 Å². The zero-order chi connectivity index (χ0) is 23.9. The number of rotatable bonds is 9. The molecule has 2 aromatic rings. The van der Waals surface area contributed by atoms with Gasteiger partial charge in [0, 0.05) is 13.1 Å². The lowest BCUT2D eigenvalue weighted by molar-refractivity contribution is -0.137. The third-order valence-corrected chi connectivity index (χ3v) is 8.95. The Bertz CT molecular complexity index is 1140. The molecule has 0 radical (unpaired) electrons. The monoisotopic (exact) mass is 492 g/mol. The van der Waals surface area contributed by atoms with Crippen molar-refractivity contribution in [3.8, 4) is 0 Å². The van der Waals surface area contributed by atoms with E-state index in [9.17, 15) is 21.6 Å². The van der Waals surface area contributed by atoms with E-state index in [1.165, 1.54) is 24.1 Å². The molecule has 1 aliphatic heterocycles. The van der Waals surface area contributed by atoms with Crippen molar-refractivity contribution in [2.45, 2.75) is 50.7 Å². The second-order valence-electron chi connectivity index (χ2n) is 10.2. The summed E-state index contributed by atoms with van der Waals surface area (Å²) in [5.74, 6) is 0.930. The standard InChI is InChI=1S/C26H31F3N2O2S/c27-26(28,29)23-4-1-3-19(11-23)12-25-22(16-31-9-2-10-31)14-21-8-7-20(13-24(21)25)15-30-34(32,33)17-18-5-6-18/h1,3-4,7-8,11,13,18,22,25,30H,2,5-6,9-10,12,14-17H2. The number of alkyl halides is 3. The van der Waals surface area contributed by atoms with Crippen molar-refractivity contribution in [3.63, 3.8) is 0 Å². The lowest BCUT2D eigenvalue weighted by Gasteiger charge is -2.35. The fourth-order valence-corrected chi connectivity index (χ4v) is 6.76. The first-order valence-corrected chi connectivity index (χ1v) is 13.8. The van der Waals surface area contributed by atoms with E-state index in [0.717, 1.165) is 56.1 Å². The molecule has 2 fully saturated rings. The van der Waals surface area contributed by atoms with Crippen molar-refractivity contribution in [1.82, 2.24) is 9.62 Å². The van der Waals surface area contributed by atoms with E-state index in [2.05, 4.69) is 21.8 Å². The molecule has 8 heteroatoms. The van der Waals surface area contributed by atoms with Crippen molar-refractivity contribution in [2.75, 3.05) is 25.4 Å². The van der Waals surface area contributed by atoms with Gasteiger partial charge >= 0.3 is 6.18 Å². The number of hydrogen-bond donors (Lipinski definition) is 1. The summed E-state index contributed by atoms with van der Waals surface area (Å²) in [5.41, 5.74) is 3.36. The highest BCUT2D eigenvalue weighted by Gasteiger charge is 2.36. The molecule has 1 heterocycles. The van der Waals surface area contributed by atoms with Gasteiger partial charge in [-0.25, -0.2) is 13.1 Å². The van der Waals surface area contributed by atoms with E-state index in [1.54, 1.807) is 6.07 Å². The Morgan fingerprint density at radius 1 is 1.03 bits per heavy atom. The van der Waals surface area contributed by atoms with Crippen LogP contribution in [0.4, 0.5) is 13.2 Å². The number of fused-ring (bicyclic) bond motifs is 1. The van der Waals surface area contributed by atoms with E-state index < -0.39 is 21.8 Å². The number of sulfonamides is 1. The van der Waals surface area contributed by atoms with Crippen LogP contribution in [0.1, 0.15) is 53.0 Å². The number of likely N-dealkylation sites (tertiary alicyclic amines) is 1. The van der Waals surface area contributed by atoms with Gasteiger partial charge in [0.1, 0.15) is 0 Å². The Balaban J connectivity index is 1.36. The van der Waals surface area contributed by atoms with Crippen LogP contribution in [0.2, 0.25) is 0 Å². The normalized spacial score (nSPS) is 23.0. The van der Waals surface area contributed by atoms with E-state index in [1.807, 2.05) is 6.07 Å². The van der Waals surface area contributed by atoms with Gasteiger partial charge in [0.05, 0.1) is 11.3 Å². The quantitative estimate of drug-likeness (QED) is 0.550. The minimum atomic E-state index is -4.36. The molecule has 0 bridgehead atoms. The molecule has 0 amide bonds. The molecule has 1 N–H and O–H groups in total. The minimum absolute atomic E-state index is 0.113. The first-order valence-electron chi connectivity index (χ1n) is 12.1. The molecule has 34 heavy (non-hydrogen) atoms. The number of benzene rings is 2. The average Bonchev–Trinajstić information content (AvgIpc) is 3.49. The van der Waals surface area contributed by atoms with Gasteiger partial charge in [-0.1, -0.05) is 36.4 Å². The lowest BCUT2D eigenvalue weighted by atomic mass is 9.85. The third kappa shape index (κ3) is 5.66. The molecular formula is C26H31F3N2O2S. The van der Waals surface area contributed by atoms with Gasteiger partial charge in [-0.05, 0) is 91.3 Å². The van der Waals surface area contributed by atoms with Gasteiger partial charge in [-0.15, -0.1) is 0 Å². The largest absolute Gasteiger partial charge is 0.416 e. The molecule has 2 atom stereocenters. The highest BCUT2D eigenvalue weighted by molar-refractivity contribution is 7.89. The molecule has 1 saturated carbocycles. The summed E-state index contributed by atoms with van der Waals surface area (Å²) in [6.45, 7) is 3.35. The highest BCUT2D eigenvalue weighted by atomic mass is 32.2. The summed E-state index contributed by atoms with van der Waals surface area (Å²) in [5, 5.41) is 0. The summed E-state index contributed by atoms with van der Waals surface area (Å²) in [7, 11) is -3.30. The lowest BCUT2D eigenvalue weighted by Crippen LogP contribution is -2.41. The molecule has 2 unspecified atom stereocenters. The van der Waals surface area contributed by atoms with Gasteiger partial charge in [-0.2, -0.15) is 13.2 Å². The van der Waals surface area contributed by atoms with Crippen LogP contribution in [0.5, 0.6) is 0 Å². The molecule has 1 saturated heterocycles. The first-order chi connectivity index (χ1) is 16.2. The zero-order valence-electron chi connectivity index (χ0n) is 19.2. The molecule has 5 rings (SSSR count). The molecule has 0 spiro atoms. The van der Waals surface area contributed by atoms with E-state index in [4.69, 9.17) is 0 Å². The maximum atomic E-state index is 13.3. The van der Waals surface area contributed by atoms with Crippen LogP contribution in [0.25, 0.3) is 0 Å². The smallest absolute Gasteiger partial charge is 0.303 e. The van der Waals surface area contributed by atoms with Gasteiger partial charge in [-0.3, -0.25) is 0 Å². The Kier molecular flexibility index (Phi) is 6.50. The van der Waals surface area contributed by atoms with Crippen LogP contribution in [0.3, 0.4) is 0 Å². The van der Waals surface area contributed by atoms with Gasteiger partial charge in [0.15, 0.2) is 0 Å². The van der Waals surface area contributed by atoms with Gasteiger partial charge in [0.25, 0.3) is 0 Å². The summed E-state index contributed by atoms with van der Waals surface area (Å²) in [6, 6.07) is 11.8. The second-order valence-corrected chi connectivity index (χ2v) is 12.1. The van der Waals surface area contributed by atoms with E-state index in [0.29, 0.717) is 17.9 Å². The first kappa shape index (κ1) is 23.8. The SMILES string of the molecule is O=S(=O)(CC1CC1)NCc1ccc2c(c1)C(Cc1cccc(C(F)(F)F)c1)C(CN1CCC1)C2. The predicted molar refractivity (Wildman–Crippen MR) is 126 cm³/mol. The summed E-state index contributed by atoms with van der Waals surface area (Å²) < 4.78 is 67.2. The summed E-state index contributed by atoms with van der Waals surface area (Å²) in [4.78, 5) is 2.42. The molecule has 3 aliphatic rings. The summed E-state index contributed by atoms with van der Waals surface area (Å²) >= 11 is 0. The zero-order valence-corrected chi connectivity index (χ0v) is 20.0. The molecule has 4 nitrogen and oxygen atoms in total. The van der Waals surface area contributed by atoms with Crippen molar-refractivity contribution >= 4 is 10.0 Å². The number of halogens is 3. The number of hydrogen-bond acceptors (Lipinski definition) is 3. The summed E-state index contributed by atoms with van der Waals surface area (Å²) in [6.07, 6.45) is 0.259. The molecular weight excluding hydrogens is 461 g/mol. The van der Waals surface area contributed by atoms with Crippen molar-refractivity contribution in [1.29, 1.82) is 0 Å². The maximum absolute atomic E-state index is 13.3. The fraction of sp³-hybridized carbons (Fsp3) is 0.538. The molecule has 184 valence electrons. The minimum Gasteiger partial charge on any atom is -0.303 e. The van der Waals surface area contributed by atoms with E-state index in [-0.39, 0.29) is 24.1 Å². The highest BCUT2D eigenvalue weighted by Crippen LogP contribution is 2.42. The van der Waals surface area contributed by atoms with Crippen molar-refractivity contribution < 1.29 is 21.6 Å². The van der Waals surface area contributed by atoms with Crippen LogP contribution in [-0.4, -0.2) is 38.7 Å². The Labute approximate surface area is 199 Å². The predicted octanol–water partition coefficient (Wildman–Crippen LogP) is 4.74. The fourth-order valence-electron chi connectivity index (χ4n) is 5.30. The number of nitrogens with zero attached hydrogens (tertiary/aromatic N) is 1. The van der Waals surface area contributed by atoms with Crippen LogP contribution in [0.15, 0.2) is 42.5 Å². The molecule has 2 aromatic carbocycles. The third-order valence-electron chi connectivity index (χ3n) is 7.46. The van der Waals surface area contributed by atoms with Crippen molar-refractivity contribution in [3.05, 3.63) is 70.3 Å². The van der Waals surface area contributed by atoms with Gasteiger partial charge < -0.3 is 4.90 Å². The van der Waals surface area contributed by atoms with Crippen LogP contribution < -0.4 is 4.72 Å². The second kappa shape index (κ2) is 9.28. The Morgan fingerprint density at radius 2 is 1.82 bits per heavy atom. The molecule has 2 aliphatic carbocycles. The number of nitrogens with one attached hydrogen (secondary N) is 1. The average molecular weight is 493 g/mol. The Hall–Kier alpha value is -1.90. The van der Waals surface area contributed by atoms with Crippen LogP contribution in [-0.2, 0) is 35.6 Å². The Morgan fingerprint density at radius 3 is 2.50 bits per heavy atom. The van der Waals surface area contributed by atoms with E-state index >= 15 is 0 Å². The maximum Gasteiger partial charge on any atom is 0.416 e. The molecule has 0 aromatic heterocycles. The van der Waals surface area contributed by atoms with Crippen molar-refractivity contribution in [2.24, 2.45) is 11.8 Å².